The van der Waals surface area contributed by atoms with E-state index in [0.717, 1.165) is 0 Å². The zero-order valence-corrected chi connectivity index (χ0v) is 8.77. The van der Waals surface area contributed by atoms with Crippen molar-refractivity contribution in [2.24, 2.45) is 0 Å². The summed E-state index contributed by atoms with van der Waals surface area (Å²) in [6.07, 6.45) is 1.60. The van der Waals surface area contributed by atoms with Gasteiger partial charge in [0.15, 0.2) is 0 Å². The van der Waals surface area contributed by atoms with E-state index in [-0.39, 0.29) is 17.1 Å². The second kappa shape index (κ2) is 5.06. The number of hydrogen-bond acceptors (Lipinski definition) is 5. The molecule has 0 fully saturated rings. The van der Waals surface area contributed by atoms with Crippen molar-refractivity contribution < 1.29 is 23.9 Å². The van der Waals surface area contributed by atoms with Gasteiger partial charge < -0.3 is 9.47 Å². The molecule has 0 amide bonds. The van der Waals surface area contributed by atoms with Gasteiger partial charge in [0.1, 0.15) is 11.5 Å². The van der Waals surface area contributed by atoms with Crippen molar-refractivity contribution in [1.29, 1.82) is 0 Å². The molecule has 16 heavy (non-hydrogen) atoms. The molecule has 1 radical (unpaired) electrons. The molecular weight excluding hydrogens is 212 g/mol. The lowest BCUT2D eigenvalue weighted by molar-refractivity contribution is -0.133. The van der Waals surface area contributed by atoms with E-state index in [0.29, 0.717) is 0 Å². The Hall–Kier alpha value is -2.17. The normalized spacial score (nSPS) is 9.38. The Morgan fingerprint density at radius 3 is 2.25 bits per heavy atom. The third-order valence-corrected chi connectivity index (χ3v) is 1.58. The Kier molecular flexibility index (Phi) is 3.77. The summed E-state index contributed by atoms with van der Waals surface area (Å²) in [5.41, 5.74) is 0.0222. The minimum Gasteiger partial charge on any atom is -0.427 e. The summed E-state index contributed by atoms with van der Waals surface area (Å²) in [6.45, 7) is 2.46. The number of hydrogen-bond donors (Lipinski definition) is 0. The van der Waals surface area contributed by atoms with Gasteiger partial charge >= 0.3 is 11.9 Å². The Bertz CT molecular complexity index is 436. The predicted octanol–water partition coefficient (Wildman–Crippen LogP) is 0.995. The van der Waals surface area contributed by atoms with Crippen LogP contribution in [0.4, 0.5) is 0 Å². The lowest BCUT2D eigenvalue weighted by Crippen LogP contribution is -2.05. The van der Waals surface area contributed by atoms with E-state index in [1.165, 1.54) is 32.0 Å². The molecule has 0 aliphatic heterocycles. The summed E-state index contributed by atoms with van der Waals surface area (Å²) in [5, 5.41) is 0. The summed E-state index contributed by atoms with van der Waals surface area (Å²) in [7, 11) is 0. The second-order valence-corrected chi connectivity index (χ2v) is 2.95. The highest BCUT2D eigenvalue weighted by atomic mass is 16.5. The molecule has 0 aliphatic rings. The molecule has 0 aliphatic carbocycles. The van der Waals surface area contributed by atoms with E-state index in [9.17, 15) is 14.4 Å². The van der Waals surface area contributed by atoms with Crippen molar-refractivity contribution in [2.45, 2.75) is 13.8 Å². The second-order valence-electron chi connectivity index (χ2n) is 2.95. The maximum Gasteiger partial charge on any atom is 0.308 e. The monoisotopic (exact) mass is 221 g/mol. The third-order valence-electron chi connectivity index (χ3n) is 1.58. The van der Waals surface area contributed by atoms with Crippen LogP contribution in [0, 0.1) is 0 Å². The van der Waals surface area contributed by atoms with Crippen molar-refractivity contribution in [1.82, 2.24) is 0 Å². The van der Waals surface area contributed by atoms with Gasteiger partial charge in [-0.05, 0) is 18.2 Å². The molecule has 0 unspecified atom stereocenters. The van der Waals surface area contributed by atoms with Gasteiger partial charge in [0.2, 0.25) is 6.29 Å². The summed E-state index contributed by atoms with van der Waals surface area (Å²) >= 11 is 0. The SMILES string of the molecule is CC(=O)Oc1ccc(OC(C)=O)c([C]=O)c1. The van der Waals surface area contributed by atoms with Gasteiger partial charge in [-0.25, -0.2) is 0 Å². The van der Waals surface area contributed by atoms with Crippen molar-refractivity contribution in [3.8, 4) is 11.5 Å². The van der Waals surface area contributed by atoms with E-state index in [1.807, 2.05) is 0 Å². The molecule has 0 saturated carbocycles. The maximum absolute atomic E-state index is 10.7. The van der Waals surface area contributed by atoms with Crippen molar-refractivity contribution in [3.63, 3.8) is 0 Å². The Morgan fingerprint density at radius 2 is 1.75 bits per heavy atom. The number of esters is 2. The van der Waals surface area contributed by atoms with Crippen LogP contribution in [-0.4, -0.2) is 18.2 Å². The van der Waals surface area contributed by atoms with Gasteiger partial charge in [0.25, 0.3) is 0 Å². The first kappa shape index (κ1) is 11.9. The van der Waals surface area contributed by atoms with E-state index >= 15 is 0 Å². The van der Waals surface area contributed by atoms with Crippen LogP contribution >= 0.6 is 0 Å². The average molecular weight is 221 g/mol. The summed E-state index contributed by atoms with van der Waals surface area (Å²) in [5.74, 6) is -0.769. The highest BCUT2D eigenvalue weighted by molar-refractivity contribution is 5.83. The van der Waals surface area contributed by atoms with Gasteiger partial charge in [-0.15, -0.1) is 0 Å². The van der Waals surface area contributed by atoms with Gasteiger partial charge in [0, 0.05) is 13.8 Å². The first-order valence-electron chi connectivity index (χ1n) is 4.42. The molecule has 0 saturated heterocycles. The molecule has 0 heterocycles. The van der Waals surface area contributed by atoms with Gasteiger partial charge in [0.05, 0.1) is 5.56 Å². The third kappa shape index (κ3) is 3.20. The fourth-order valence-electron chi connectivity index (χ4n) is 1.06. The van der Waals surface area contributed by atoms with Gasteiger partial charge in [-0.1, -0.05) is 0 Å². The predicted molar refractivity (Wildman–Crippen MR) is 53.9 cm³/mol. The highest BCUT2D eigenvalue weighted by Gasteiger charge is 2.09. The quantitative estimate of drug-likeness (QED) is 0.562. The standard InChI is InChI=1S/C11H9O5/c1-7(13)15-10-3-4-11(16-8(2)14)9(5-10)6-12/h3-5H,1-2H3. The molecule has 83 valence electrons. The molecule has 0 spiro atoms. The van der Waals surface area contributed by atoms with Crippen molar-refractivity contribution in [2.75, 3.05) is 0 Å². The van der Waals surface area contributed by atoms with Crippen LogP contribution in [0.5, 0.6) is 11.5 Å². The minimum absolute atomic E-state index is 0.0222. The van der Waals surface area contributed by atoms with Crippen LogP contribution in [0.15, 0.2) is 18.2 Å². The molecule has 0 N–H and O–H groups in total. The Labute approximate surface area is 92.0 Å². The lowest BCUT2D eigenvalue weighted by Gasteiger charge is -2.06. The van der Waals surface area contributed by atoms with E-state index in [2.05, 4.69) is 0 Å². The molecule has 5 nitrogen and oxygen atoms in total. The highest BCUT2D eigenvalue weighted by Crippen LogP contribution is 2.23. The number of carbonyl (C=O) groups is 2. The van der Waals surface area contributed by atoms with Crippen LogP contribution < -0.4 is 9.47 Å². The molecule has 0 atom stereocenters. The molecule has 5 heteroatoms. The zero-order valence-electron chi connectivity index (χ0n) is 8.77. The number of carbonyl (C=O) groups excluding carboxylic acids is 3. The first-order chi connectivity index (χ1) is 7.52. The number of rotatable bonds is 3. The minimum atomic E-state index is -0.545. The number of ether oxygens (including phenoxy) is 2. The molecule has 0 bridgehead atoms. The van der Waals surface area contributed by atoms with Crippen molar-refractivity contribution in [3.05, 3.63) is 23.8 Å². The molecule has 1 rings (SSSR count). The molecule has 0 aromatic heterocycles. The zero-order chi connectivity index (χ0) is 12.1. The van der Waals surface area contributed by atoms with E-state index in [4.69, 9.17) is 9.47 Å². The van der Waals surface area contributed by atoms with Crippen LogP contribution in [0.2, 0.25) is 0 Å². The van der Waals surface area contributed by atoms with Gasteiger partial charge in [-0.2, -0.15) is 0 Å². The van der Waals surface area contributed by atoms with E-state index in [1.54, 1.807) is 6.29 Å². The fourth-order valence-corrected chi connectivity index (χ4v) is 1.06. The topological polar surface area (TPSA) is 69.7 Å². The molecular formula is C11H9O5. The average Bonchev–Trinajstić information content (AvgIpc) is 2.18. The summed E-state index contributed by atoms with van der Waals surface area (Å²) in [4.78, 5) is 32.0. The Morgan fingerprint density at radius 1 is 1.12 bits per heavy atom. The van der Waals surface area contributed by atoms with Crippen LogP contribution in [-0.2, 0) is 14.4 Å². The lowest BCUT2D eigenvalue weighted by atomic mass is 10.2. The first-order valence-corrected chi connectivity index (χ1v) is 4.42. The smallest absolute Gasteiger partial charge is 0.308 e. The summed E-state index contributed by atoms with van der Waals surface area (Å²) < 4.78 is 9.51. The Balaban J connectivity index is 3.01. The van der Waals surface area contributed by atoms with E-state index < -0.39 is 11.9 Å². The van der Waals surface area contributed by atoms with Crippen molar-refractivity contribution >= 4 is 18.2 Å². The van der Waals surface area contributed by atoms with Crippen LogP contribution in [0.25, 0.3) is 0 Å². The fraction of sp³-hybridized carbons (Fsp3) is 0.182. The van der Waals surface area contributed by atoms with Crippen LogP contribution in [0.1, 0.15) is 19.4 Å². The molecule has 1 aromatic carbocycles. The van der Waals surface area contributed by atoms with Crippen LogP contribution in [0.3, 0.4) is 0 Å². The van der Waals surface area contributed by atoms with Gasteiger partial charge in [-0.3, -0.25) is 14.4 Å². The maximum atomic E-state index is 10.7. The number of benzene rings is 1. The molecule has 1 aromatic rings. The largest absolute Gasteiger partial charge is 0.427 e. The summed E-state index contributed by atoms with van der Waals surface area (Å²) in [6, 6.07) is 4.05.